The normalized spacial score (nSPS) is 11.0. The number of nitrogens with one attached hydrogen (secondary N) is 2. The lowest BCUT2D eigenvalue weighted by Gasteiger charge is -2.16. The molecular formula is C20H26N2O4S. The Kier molecular flexibility index (Phi) is 6.49. The van der Waals surface area contributed by atoms with Gasteiger partial charge in [0.2, 0.25) is 5.91 Å². The molecule has 1 heterocycles. The van der Waals surface area contributed by atoms with Gasteiger partial charge in [-0.05, 0) is 36.2 Å². The monoisotopic (exact) mass is 390 g/mol. The van der Waals surface area contributed by atoms with Crippen LogP contribution in [0.25, 0.3) is 0 Å². The molecule has 1 aromatic heterocycles. The predicted molar refractivity (Wildman–Crippen MR) is 108 cm³/mol. The van der Waals surface area contributed by atoms with E-state index in [0.29, 0.717) is 27.9 Å². The highest BCUT2D eigenvalue weighted by Gasteiger charge is 2.23. The first-order valence-electron chi connectivity index (χ1n) is 8.56. The molecule has 2 aromatic rings. The molecule has 7 heteroatoms. The number of hydrogen-bond donors (Lipinski definition) is 2. The number of thiophene rings is 1. The third kappa shape index (κ3) is 5.23. The maximum absolute atomic E-state index is 12.5. The van der Waals surface area contributed by atoms with E-state index in [1.807, 2.05) is 45.9 Å². The summed E-state index contributed by atoms with van der Waals surface area (Å²) in [7, 11) is 3.15. The maximum Gasteiger partial charge on any atom is 0.261 e. The molecule has 146 valence electrons. The second-order valence-electron chi connectivity index (χ2n) is 7.20. The molecule has 0 spiro atoms. The first-order valence-corrected chi connectivity index (χ1v) is 9.38. The number of rotatable bonds is 6. The van der Waals surface area contributed by atoms with Crippen LogP contribution in [0, 0.1) is 12.3 Å². The Hall–Kier alpha value is -2.54. The predicted octanol–water partition coefficient (Wildman–Crippen LogP) is 3.99. The number of carbonyl (C=O) groups is 2. The third-order valence-electron chi connectivity index (χ3n) is 3.94. The van der Waals surface area contributed by atoms with Crippen molar-refractivity contribution in [3.05, 3.63) is 40.3 Å². The molecule has 6 nitrogen and oxygen atoms in total. The quantitative estimate of drug-likeness (QED) is 0.782. The highest BCUT2D eigenvalue weighted by Crippen LogP contribution is 2.29. The zero-order valence-electron chi connectivity index (χ0n) is 16.6. The third-order valence-corrected chi connectivity index (χ3v) is 5.09. The molecule has 0 aliphatic carbocycles. The minimum absolute atomic E-state index is 0.0824. The molecule has 0 aliphatic heterocycles. The minimum Gasteiger partial charge on any atom is -0.493 e. The Morgan fingerprint density at radius 1 is 1.07 bits per heavy atom. The Morgan fingerprint density at radius 2 is 1.74 bits per heavy atom. The van der Waals surface area contributed by atoms with E-state index in [9.17, 15) is 9.59 Å². The van der Waals surface area contributed by atoms with Gasteiger partial charge in [0.05, 0.1) is 24.1 Å². The van der Waals surface area contributed by atoms with Gasteiger partial charge in [0.15, 0.2) is 11.5 Å². The summed E-state index contributed by atoms with van der Waals surface area (Å²) in [6.45, 7) is 7.76. The van der Waals surface area contributed by atoms with Crippen LogP contribution >= 0.6 is 11.3 Å². The van der Waals surface area contributed by atoms with Gasteiger partial charge >= 0.3 is 0 Å². The van der Waals surface area contributed by atoms with E-state index in [0.717, 1.165) is 11.1 Å². The number of benzene rings is 1. The van der Waals surface area contributed by atoms with Crippen molar-refractivity contribution < 1.29 is 19.1 Å². The molecule has 2 amide bonds. The fraction of sp³-hybridized carbons (Fsp3) is 0.400. The molecule has 0 unspecified atom stereocenters. The second kappa shape index (κ2) is 8.43. The first-order chi connectivity index (χ1) is 12.7. The van der Waals surface area contributed by atoms with E-state index in [4.69, 9.17) is 9.47 Å². The van der Waals surface area contributed by atoms with Crippen molar-refractivity contribution >= 4 is 28.2 Å². The second-order valence-corrected chi connectivity index (χ2v) is 8.25. The summed E-state index contributed by atoms with van der Waals surface area (Å²) in [5.74, 6) is 0.995. The first kappa shape index (κ1) is 20.8. The fourth-order valence-corrected chi connectivity index (χ4v) is 3.31. The summed E-state index contributed by atoms with van der Waals surface area (Å²) >= 11 is 1.27. The average molecular weight is 391 g/mol. The van der Waals surface area contributed by atoms with E-state index in [1.54, 1.807) is 20.3 Å². The van der Waals surface area contributed by atoms with Crippen molar-refractivity contribution in [2.75, 3.05) is 19.5 Å². The van der Waals surface area contributed by atoms with E-state index in [1.165, 1.54) is 11.3 Å². The van der Waals surface area contributed by atoms with Crippen LogP contribution < -0.4 is 20.1 Å². The number of carbonyl (C=O) groups excluding carboxylic acids is 2. The summed E-state index contributed by atoms with van der Waals surface area (Å²) in [4.78, 5) is 25.2. The summed E-state index contributed by atoms with van der Waals surface area (Å²) in [5.41, 5.74) is 1.23. The Morgan fingerprint density at radius 3 is 2.33 bits per heavy atom. The van der Waals surface area contributed by atoms with Crippen LogP contribution in [0.4, 0.5) is 5.00 Å². The van der Waals surface area contributed by atoms with Crippen LogP contribution in [0.1, 0.15) is 41.6 Å². The molecule has 0 saturated carbocycles. The van der Waals surface area contributed by atoms with Gasteiger partial charge in [-0.15, -0.1) is 11.3 Å². The molecule has 1 aromatic carbocycles. The minimum atomic E-state index is -0.492. The van der Waals surface area contributed by atoms with Crippen LogP contribution in [0.5, 0.6) is 11.5 Å². The average Bonchev–Trinajstić information content (AvgIpc) is 2.98. The maximum atomic E-state index is 12.5. The SMILES string of the molecule is COc1ccc(CNC(=O)c2sc(NC(=O)C(C)(C)C)cc2C)cc1OC. The fourth-order valence-electron chi connectivity index (χ4n) is 2.32. The zero-order chi connectivity index (χ0) is 20.2. The van der Waals surface area contributed by atoms with Crippen molar-refractivity contribution in [2.45, 2.75) is 34.2 Å². The smallest absolute Gasteiger partial charge is 0.261 e. The molecule has 2 N–H and O–H groups in total. The number of ether oxygens (including phenoxy) is 2. The van der Waals surface area contributed by atoms with Crippen molar-refractivity contribution in [2.24, 2.45) is 5.41 Å². The number of anilines is 1. The Balaban J connectivity index is 2.05. The number of amides is 2. The highest BCUT2D eigenvalue weighted by molar-refractivity contribution is 7.18. The van der Waals surface area contributed by atoms with Crippen LogP contribution in [-0.2, 0) is 11.3 Å². The molecule has 0 bridgehead atoms. The van der Waals surface area contributed by atoms with Gasteiger partial charge < -0.3 is 20.1 Å². The van der Waals surface area contributed by atoms with Crippen molar-refractivity contribution in [1.82, 2.24) is 5.32 Å². The molecule has 27 heavy (non-hydrogen) atoms. The molecule has 0 radical (unpaired) electrons. The molecule has 0 aliphatic rings. The van der Waals surface area contributed by atoms with Crippen molar-refractivity contribution in [3.8, 4) is 11.5 Å². The topological polar surface area (TPSA) is 76.7 Å². The van der Waals surface area contributed by atoms with Gasteiger partial charge in [0.1, 0.15) is 0 Å². The van der Waals surface area contributed by atoms with Crippen LogP contribution in [0.15, 0.2) is 24.3 Å². The summed E-state index contributed by atoms with van der Waals surface area (Å²) < 4.78 is 10.5. The van der Waals surface area contributed by atoms with Crippen LogP contribution in [-0.4, -0.2) is 26.0 Å². The summed E-state index contributed by atoms with van der Waals surface area (Å²) in [5, 5.41) is 6.44. The zero-order valence-corrected chi connectivity index (χ0v) is 17.4. The summed E-state index contributed by atoms with van der Waals surface area (Å²) in [6.07, 6.45) is 0. The van der Waals surface area contributed by atoms with Gasteiger partial charge in [0, 0.05) is 12.0 Å². The van der Waals surface area contributed by atoms with Crippen LogP contribution in [0.3, 0.4) is 0 Å². The molecule has 0 saturated heterocycles. The van der Waals surface area contributed by atoms with Gasteiger partial charge in [0.25, 0.3) is 5.91 Å². The van der Waals surface area contributed by atoms with Gasteiger partial charge in [-0.1, -0.05) is 26.8 Å². The van der Waals surface area contributed by atoms with Crippen LogP contribution in [0.2, 0.25) is 0 Å². The van der Waals surface area contributed by atoms with E-state index in [-0.39, 0.29) is 11.8 Å². The molecule has 0 fully saturated rings. The molecule has 0 atom stereocenters. The van der Waals surface area contributed by atoms with E-state index in [2.05, 4.69) is 10.6 Å². The van der Waals surface area contributed by atoms with Crippen molar-refractivity contribution in [1.29, 1.82) is 0 Å². The van der Waals surface area contributed by atoms with E-state index >= 15 is 0 Å². The molecule has 2 rings (SSSR count). The largest absolute Gasteiger partial charge is 0.493 e. The number of methoxy groups -OCH3 is 2. The Labute approximate surface area is 163 Å². The summed E-state index contributed by atoms with van der Waals surface area (Å²) in [6, 6.07) is 7.32. The van der Waals surface area contributed by atoms with Crippen molar-refractivity contribution in [3.63, 3.8) is 0 Å². The van der Waals surface area contributed by atoms with Gasteiger partial charge in [-0.3, -0.25) is 9.59 Å². The Bertz CT molecular complexity index is 837. The lowest BCUT2D eigenvalue weighted by atomic mass is 9.96. The van der Waals surface area contributed by atoms with E-state index < -0.39 is 5.41 Å². The lowest BCUT2D eigenvalue weighted by molar-refractivity contribution is -0.123. The lowest BCUT2D eigenvalue weighted by Crippen LogP contribution is -2.27. The molecular weight excluding hydrogens is 364 g/mol. The highest BCUT2D eigenvalue weighted by atomic mass is 32.1. The number of hydrogen-bond acceptors (Lipinski definition) is 5. The number of aryl methyl sites for hydroxylation is 1. The standard InChI is InChI=1S/C20H26N2O4S/c1-12-9-16(22-19(24)20(2,3)4)27-17(12)18(23)21-11-13-7-8-14(25-5)15(10-13)26-6/h7-10H,11H2,1-6H3,(H,21,23)(H,22,24). The van der Waals surface area contributed by atoms with Gasteiger partial charge in [-0.25, -0.2) is 0 Å². The van der Waals surface area contributed by atoms with Gasteiger partial charge in [-0.2, -0.15) is 0 Å².